The fourth-order valence-corrected chi connectivity index (χ4v) is 3.11. The maximum absolute atomic E-state index is 13.3. The summed E-state index contributed by atoms with van der Waals surface area (Å²) in [5, 5.41) is 7.91. The molecule has 6 nitrogen and oxygen atoms in total. The highest BCUT2D eigenvalue weighted by Gasteiger charge is 2.16. The topological polar surface area (TPSA) is 72.2 Å². The van der Waals surface area contributed by atoms with Crippen LogP contribution in [-0.4, -0.2) is 31.7 Å². The molecule has 1 N–H and O–H groups in total. The maximum Gasteiger partial charge on any atom is 0.253 e. The van der Waals surface area contributed by atoms with E-state index in [1.165, 1.54) is 17.8 Å². The van der Waals surface area contributed by atoms with Crippen molar-refractivity contribution in [2.24, 2.45) is 0 Å². The zero-order chi connectivity index (χ0) is 18.8. The third-order valence-electron chi connectivity index (χ3n) is 4.26. The fourth-order valence-electron chi connectivity index (χ4n) is 2.77. The Kier molecular flexibility index (Phi) is 5.22. The molecule has 0 aliphatic heterocycles. The van der Waals surface area contributed by atoms with Crippen LogP contribution < -0.4 is 5.32 Å². The van der Waals surface area contributed by atoms with Gasteiger partial charge in [0.25, 0.3) is 5.78 Å². The van der Waals surface area contributed by atoms with Gasteiger partial charge in [0.1, 0.15) is 5.82 Å². The second-order valence-corrected chi connectivity index (χ2v) is 6.88. The number of rotatable bonds is 5. The number of halogens is 1. The summed E-state index contributed by atoms with van der Waals surface area (Å²) in [6, 6.07) is 4.82. The summed E-state index contributed by atoms with van der Waals surface area (Å²) >= 11 is 1.45. The van der Waals surface area contributed by atoms with E-state index in [0.29, 0.717) is 23.0 Å². The van der Waals surface area contributed by atoms with Crippen molar-refractivity contribution < 1.29 is 9.18 Å². The lowest BCUT2D eigenvalue weighted by molar-refractivity contribution is -0.120. The van der Waals surface area contributed by atoms with Crippen molar-refractivity contribution in [3.05, 3.63) is 52.1 Å². The predicted octanol–water partition coefficient (Wildman–Crippen LogP) is 2.77. The van der Waals surface area contributed by atoms with Gasteiger partial charge in [0.2, 0.25) is 11.1 Å². The Morgan fingerprint density at radius 1 is 1.27 bits per heavy atom. The zero-order valence-electron chi connectivity index (χ0n) is 15.1. The molecule has 0 unspecified atom stereocenters. The van der Waals surface area contributed by atoms with Gasteiger partial charge in [-0.15, -0.1) is 5.10 Å². The van der Waals surface area contributed by atoms with E-state index in [0.717, 1.165) is 22.5 Å². The van der Waals surface area contributed by atoms with E-state index >= 15 is 0 Å². The third kappa shape index (κ3) is 3.70. The molecule has 0 saturated carbocycles. The standard InChI is InChI=1S/C18H20FN5OS/c1-10-7-13(5-6-15(10)19)9-20-16(25)8-14-11(2)21-17-22-18(26-4)23-24(17)12(14)3/h5-7H,8-9H2,1-4H3,(H,20,25). The number of nitrogens with zero attached hydrogens (tertiary/aromatic N) is 4. The monoisotopic (exact) mass is 373 g/mol. The highest BCUT2D eigenvalue weighted by Crippen LogP contribution is 2.17. The van der Waals surface area contributed by atoms with Crippen molar-refractivity contribution in [1.82, 2.24) is 24.9 Å². The van der Waals surface area contributed by atoms with Crippen LogP contribution in [0.15, 0.2) is 23.4 Å². The first-order valence-corrected chi connectivity index (χ1v) is 9.40. The van der Waals surface area contributed by atoms with Crippen molar-refractivity contribution in [1.29, 1.82) is 0 Å². The number of amides is 1. The first-order chi connectivity index (χ1) is 12.4. The fraction of sp³-hybridized carbons (Fsp3) is 0.333. The van der Waals surface area contributed by atoms with Crippen LogP contribution >= 0.6 is 11.8 Å². The van der Waals surface area contributed by atoms with Crippen LogP contribution in [0.2, 0.25) is 0 Å². The normalized spacial score (nSPS) is 11.1. The van der Waals surface area contributed by atoms with Crippen LogP contribution in [0, 0.1) is 26.6 Å². The van der Waals surface area contributed by atoms with E-state index in [-0.39, 0.29) is 18.1 Å². The van der Waals surface area contributed by atoms with Crippen molar-refractivity contribution in [2.75, 3.05) is 6.26 Å². The molecule has 0 radical (unpaired) electrons. The van der Waals surface area contributed by atoms with Gasteiger partial charge >= 0.3 is 0 Å². The number of fused-ring (bicyclic) bond motifs is 1. The Bertz CT molecular complexity index is 985. The number of nitrogens with one attached hydrogen (secondary N) is 1. The lowest BCUT2D eigenvalue weighted by Gasteiger charge is -2.11. The molecule has 1 aromatic carbocycles. The predicted molar refractivity (Wildman–Crippen MR) is 98.7 cm³/mol. The average Bonchev–Trinajstić information content (AvgIpc) is 3.03. The molecule has 8 heteroatoms. The SMILES string of the molecule is CSc1nc2nc(C)c(CC(=O)NCc3ccc(F)c(C)c3)c(C)n2n1. The third-order valence-corrected chi connectivity index (χ3v) is 4.80. The van der Waals surface area contributed by atoms with Gasteiger partial charge in [-0.1, -0.05) is 23.9 Å². The molecule has 3 rings (SSSR count). The largest absolute Gasteiger partial charge is 0.352 e. The minimum atomic E-state index is -0.247. The summed E-state index contributed by atoms with van der Waals surface area (Å²) in [4.78, 5) is 21.2. The molecule has 0 atom stereocenters. The van der Waals surface area contributed by atoms with E-state index in [9.17, 15) is 9.18 Å². The first kappa shape index (κ1) is 18.3. The summed E-state index contributed by atoms with van der Waals surface area (Å²) in [7, 11) is 0. The summed E-state index contributed by atoms with van der Waals surface area (Å²) < 4.78 is 15.0. The molecule has 0 aliphatic carbocycles. The molecule has 0 aliphatic rings. The number of hydrogen-bond acceptors (Lipinski definition) is 5. The Morgan fingerprint density at radius 3 is 2.73 bits per heavy atom. The first-order valence-electron chi connectivity index (χ1n) is 8.17. The van der Waals surface area contributed by atoms with E-state index in [2.05, 4.69) is 20.4 Å². The lowest BCUT2D eigenvalue weighted by Crippen LogP contribution is -2.26. The van der Waals surface area contributed by atoms with Crippen molar-refractivity contribution in [3.8, 4) is 0 Å². The van der Waals surface area contributed by atoms with Crippen LogP contribution in [0.3, 0.4) is 0 Å². The zero-order valence-corrected chi connectivity index (χ0v) is 15.9. The molecule has 2 aromatic heterocycles. The maximum atomic E-state index is 13.3. The summed E-state index contributed by atoms with van der Waals surface area (Å²) in [6.07, 6.45) is 2.11. The van der Waals surface area contributed by atoms with Gasteiger partial charge in [-0.25, -0.2) is 13.9 Å². The Morgan fingerprint density at radius 2 is 2.04 bits per heavy atom. The quantitative estimate of drug-likeness (QED) is 0.696. The van der Waals surface area contributed by atoms with Crippen molar-refractivity contribution in [3.63, 3.8) is 0 Å². The molecule has 26 heavy (non-hydrogen) atoms. The lowest BCUT2D eigenvalue weighted by atomic mass is 10.1. The number of hydrogen-bond donors (Lipinski definition) is 1. The Balaban J connectivity index is 1.75. The van der Waals surface area contributed by atoms with Crippen LogP contribution in [-0.2, 0) is 17.8 Å². The highest BCUT2D eigenvalue weighted by molar-refractivity contribution is 7.98. The van der Waals surface area contributed by atoms with Gasteiger partial charge in [-0.05, 0) is 44.2 Å². The number of aryl methyl sites for hydroxylation is 3. The molecule has 0 fully saturated rings. The second-order valence-electron chi connectivity index (χ2n) is 6.11. The van der Waals surface area contributed by atoms with Crippen molar-refractivity contribution in [2.45, 2.75) is 38.9 Å². The number of carbonyl (C=O) groups excluding carboxylic acids is 1. The molecule has 136 valence electrons. The molecule has 0 bridgehead atoms. The van der Waals surface area contributed by atoms with Crippen LogP contribution in [0.25, 0.3) is 5.78 Å². The minimum absolute atomic E-state index is 0.121. The van der Waals surface area contributed by atoms with Gasteiger partial charge in [0.05, 0.1) is 6.42 Å². The van der Waals surface area contributed by atoms with Crippen LogP contribution in [0.1, 0.15) is 28.1 Å². The second kappa shape index (κ2) is 7.41. The average molecular weight is 373 g/mol. The van der Waals surface area contributed by atoms with E-state index in [4.69, 9.17) is 0 Å². The van der Waals surface area contributed by atoms with Gasteiger partial charge in [0, 0.05) is 23.5 Å². The van der Waals surface area contributed by atoms with Gasteiger partial charge in [-0.2, -0.15) is 4.98 Å². The van der Waals surface area contributed by atoms with Gasteiger partial charge in [-0.3, -0.25) is 4.79 Å². The molecular weight excluding hydrogens is 353 g/mol. The van der Waals surface area contributed by atoms with Crippen molar-refractivity contribution >= 4 is 23.4 Å². The molecule has 0 saturated heterocycles. The molecular formula is C18H20FN5OS. The molecule has 1 amide bonds. The van der Waals surface area contributed by atoms with Gasteiger partial charge < -0.3 is 5.32 Å². The van der Waals surface area contributed by atoms with Crippen LogP contribution in [0.5, 0.6) is 0 Å². The molecule has 3 aromatic rings. The van der Waals surface area contributed by atoms with E-state index in [1.807, 2.05) is 20.1 Å². The van der Waals surface area contributed by atoms with Crippen LogP contribution in [0.4, 0.5) is 4.39 Å². The number of thioether (sulfide) groups is 1. The van der Waals surface area contributed by atoms with E-state index < -0.39 is 0 Å². The highest BCUT2D eigenvalue weighted by atomic mass is 32.2. The summed E-state index contributed by atoms with van der Waals surface area (Å²) in [6.45, 7) is 5.84. The molecule has 0 spiro atoms. The van der Waals surface area contributed by atoms with E-state index in [1.54, 1.807) is 23.6 Å². The summed E-state index contributed by atoms with van der Waals surface area (Å²) in [5.41, 5.74) is 3.88. The smallest absolute Gasteiger partial charge is 0.253 e. The Hall–Kier alpha value is -2.48. The molecule has 2 heterocycles. The Labute approximate surface area is 155 Å². The number of carbonyl (C=O) groups is 1. The number of benzene rings is 1. The van der Waals surface area contributed by atoms with Gasteiger partial charge in [0.15, 0.2) is 0 Å². The summed E-state index contributed by atoms with van der Waals surface area (Å²) in [5.74, 6) is 0.169. The minimum Gasteiger partial charge on any atom is -0.352 e. The number of aromatic nitrogens is 4.